The molecule has 0 aromatic heterocycles. The van der Waals surface area contributed by atoms with E-state index in [2.05, 4.69) is 36.3 Å². The van der Waals surface area contributed by atoms with Crippen LogP contribution < -0.4 is 5.32 Å². The molecule has 0 aromatic carbocycles. The van der Waals surface area contributed by atoms with E-state index in [1.165, 1.54) is 64.6 Å². The molecule has 112 valence electrons. The van der Waals surface area contributed by atoms with Gasteiger partial charge in [-0.2, -0.15) is 0 Å². The van der Waals surface area contributed by atoms with E-state index in [4.69, 9.17) is 0 Å². The Morgan fingerprint density at radius 3 is 2.26 bits per heavy atom. The molecule has 2 aliphatic rings. The summed E-state index contributed by atoms with van der Waals surface area (Å²) in [6, 6.07) is 0. The Bertz CT molecular complexity index is 255. The van der Waals surface area contributed by atoms with Gasteiger partial charge in [-0.1, -0.05) is 12.8 Å². The van der Waals surface area contributed by atoms with Gasteiger partial charge in [0, 0.05) is 25.2 Å². The van der Waals surface area contributed by atoms with Crippen LogP contribution in [0.4, 0.5) is 0 Å². The zero-order valence-corrected chi connectivity index (χ0v) is 13.2. The molecule has 0 bridgehead atoms. The van der Waals surface area contributed by atoms with Crippen LogP contribution in [0.3, 0.4) is 0 Å². The van der Waals surface area contributed by atoms with Gasteiger partial charge in [-0.05, 0) is 65.7 Å². The summed E-state index contributed by atoms with van der Waals surface area (Å²) in [5, 5.41) is 3.65. The Hall–Kier alpha value is -0.120. The first-order chi connectivity index (χ1) is 9.12. The summed E-state index contributed by atoms with van der Waals surface area (Å²) in [5.74, 6) is 0.963. The molecule has 0 unspecified atom stereocenters. The third-order valence-corrected chi connectivity index (χ3v) is 5.38. The second-order valence-electron chi connectivity index (χ2n) is 7.06. The summed E-state index contributed by atoms with van der Waals surface area (Å²) in [6.07, 6.45) is 9.97. The molecule has 0 aliphatic heterocycles. The van der Waals surface area contributed by atoms with Crippen molar-refractivity contribution in [2.75, 3.05) is 47.3 Å². The summed E-state index contributed by atoms with van der Waals surface area (Å²) in [5.41, 5.74) is 0.472. The lowest BCUT2D eigenvalue weighted by Crippen LogP contribution is -2.57. The van der Waals surface area contributed by atoms with Gasteiger partial charge < -0.3 is 15.1 Å². The highest BCUT2D eigenvalue weighted by Crippen LogP contribution is 2.36. The number of nitrogens with zero attached hydrogens (tertiary/aromatic N) is 2. The second-order valence-corrected chi connectivity index (χ2v) is 7.06. The first-order valence-corrected chi connectivity index (χ1v) is 8.19. The Balaban J connectivity index is 1.57. The maximum absolute atomic E-state index is 3.65. The molecule has 0 amide bonds. The van der Waals surface area contributed by atoms with Crippen LogP contribution in [-0.4, -0.2) is 62.7 Å². The zero-order chi connectivity index (χ0) is 13.7. The maximum Gasteiger partial charge on any atom is 0.0330 e. The van der Waals surface area contributed by atoms with Gasteiger partial charge in [0.25, 0.3) is 0 Å². The average Bonchev–Trinajstić information content (AvgIpc) is 2.82. The Morgan fingerprint density at radius 2 is 1.74 bits per heavy atom. The molecule has 0 radical (unpaired) electrons. The molecule has 0 atom stereocenters. The van der Waals surface area contributed by atoms with Crippen molar-refractivity contribution in [2.45, 2.75) is 50.5 Å². The molecule has 0 saturated heterocycles. The SMILES string of the molecule is CN(CCNCC1CCCC1)CC1(N(C)C)CCC1. The lowest BCUT2D eigenvalue weighted by atomic mass is 9.75. The third-order valence-electron chi connectivity index (χ3n) is 5.38. The van der Waals surface area contributed by atoms with E-state index in [0.29, 0.717) is 5.54 Å². The third kappa shape index (κ3) is 4.17. The fourth-order valence-electron chi connectivity index (χ4n) is 3.70. The van der Waals surface area contributed by atoms with Crippen molar-refractivity contribution in [3.05, 3.63) is 0 Å². The van der Waals surface area contributed by atoms with Gasteiger partial charge in [0.1, 0.15) is 0 Å². The normalized spacial score (nSPS) is 23.2. The van der Waals surface area contributed by atoms with Gasteiger partial charge in [0.05, 0.1) is 0 Å². The van der Waals surface area contributed by atoms with Crippen LogP contribution in [-0.2, 0) is 0 Å². The summed E-state index contributed by atoms with van der Waals surface area (Å²) in [7, 11) is 6.76. The molecule has 2 rings (SSSR count). The highest BCUT2D eigenvalue weighted by atomic mass is 15.2. The van der Waals surface area contributed by atoms with Crippen LogP contribution in [0.2, 0.25) is 0 Å². The molecule has 2 aliphatic carbocycles. The van der Waals surface area contributed by atoms with Crippen LogP contribution in [0.5, 0.6) is 0 Å². The highest BCUT2D eigenvalue weighted by Gasteiger charge is 2.39. The van der Waals surface area contributed by atoms with Gasteiger partial charge >= 0.3 is 0 Å². The minimum atomic E-state index is 0.472. The fraction of sp³-hybridized carbons (Fsp3) is 1.00. The topological polar surface area (TPSA) is 18.5 Å². The predicted molar refractivity (Wildman–Crippen MR) is 82.6 cm³/mol. The minimum Gasteiger partial charge on any atom is -0.315 e. The summed E-state index contributed by atoms with van der Waals surface area (Å²) < 4.78 is 0. The molecule has 2 fully saturated rings. The number of hydrogen-bond acceptors (Lipinski definition) is 3. The molecule has 19 heavy (non-hydrogen) atoms. The van der Waals surface area contributed by atoms with Crippen molar-refractivity contribution < 1.29 is 0 Å². The summed E-state index contributed by atoms with van der Waals surface area (Å²) in [6.45, 7) is 4.80. The monoisotopic (exact) mass is 267 g/mol. The van der Waals surface area contributed by atoms with Gasteiger partial charge in [0.15, 0.2) is 0 Å². The maximum atomic E-state index is 3.65. The lowest BCUT2D eigenvalue weighted by Gasteiger charge is -2.49. The first-order valence-electron chi connectivity index (χ1n) is 8.19. The molecular formula is C16H33N3. The van der Waals surface area contributed by atoms with E-state index in [1.54, 1.807) is 0 Å². The van der Waals surface area contributed by atoms with Gasteiger partial charge in [-0.15, -0.1) is 0 Å². The van der Waals surface area contributed by atoms with Crippen molar-refractivity contribution >= 4 is 0 Å². The van der Waals surface area contributed by atoms with E-state index in [1.807, 2.05) is 0 Å². The van der Waals surface area contributed by atoms with Crippen molar-refractivity contribution in [1.82, 2.24) is 15.1 Å². The minimum absolute atomic E-state index is 0.472. The van der Waals surface area contributed by atoms with Crippen LogP contribution in [0, 0.1) is 5.92 Å². The standard InChI is InChI=1S/C16H33N3/c1-18(2)16(9-6-10-16)14-19(3)12-11-17-13-15-7-4-5-8-15/h15,17H,4-14H2,1-3H3. The predicted octanol–water partition coefficient (Wildman–Crippen LogP) is 2.18. The Morgan fingerprint density at radius 1 is 1.05 bits per heavy atom. The molecule has 0 spiro atoms. The molecule has 3 heteroatoms. The molecule has 2 saturated carbocycles. The Labute approximate surface area is 119 Å². The lowest BCUT2D eigenvalue weighted by molar-refractivity contribution is 0.0281. The van der Waals surface area contributed by atoms with Crippen LogP contribution >= 0.6 is 0 Å². The number of likely N-dealkylation sites (N-methyl/N-ethyl adjacent to an activating group) is 2. The van der Waals surface area contributed by atoms with E-state index < -0.39 is 0 Å². The van der Waals surface area contributed by atoms with Crippen LogP contribution in [0.1, 0.15) is 44.9 Å². The van der Waals surface area contributed by atoms with E-state index in [9.17, 15) is 0 Å². The van der Waals surface area contributed by atoms with Crippen LogP contribution in [0.25, 0.3) is 0 Å². The molecule has 0 heterocycles. The fourth-order valence-corrected chi connectivity index (χ4v) is 3.70. The smallest absolute Gasteiger partial charge is 0.0330 e. The molecular weight excluding hydrogens is 234 g/mol. The van der Waals surface area contributed by atoms with Crippen molar-refractivity contribution in [3.8, 4) is 0 Å². The molecule has 1 N–H and O–H groups in total. The molecule has 3 nitrogen and oxygen atoms in total. The van der Waals surface area contributed by atoms with E-state index >= 15 is 0 Å². The summed E-state index contributed by atoms with van der Waals surface area (Å²) in [4.78, 5) is 4.96. The van der Waals surface area contributed by atoms with E-state index in [-0.39, 0.29) is 0 Å². The number of rotatable bonds is 8. The number of hydrogen-bond donors (Lipinski definition) is 1. The second kappa shape index (κ2) is 7.05. The van der Waals surface area contributed by atoms with Crippen molar-refractivity contribution in [2.24, 2.45) is 5.92 Å². The zero-order valence-electron chi connectivity index (χ0n) is 13.2. The van der Waals surface area contributed by atoms with Crippen LogP contribution in [0.15, 0.2) is 0 Å². The quantitative estimate of drug-likeness (QED) is 0.680. The number of nitrogens with one attached hydrogen (secondary N) is 1. The first kappa shape index (κ1) is 15.3. The molecule has 0 aromatic rings. The average molecular weight is 267 g/mol. The van der Waals surface area contributed by atoms with Gasteiger partial charge in [0.2, 0.25) is 0 Å². The van der Waals surface area contributed by atoms with E-state index in [0.717, 1.165) is 12.5 Å². The summed E-state index contributed by atoms with van der Waals surface area (Å²) >= 11 is 0. The highest BCUT2D eigenvalue weighted by molar-refractivity contribution is 4.97. The van der Waals surface area contributed by atoms with Gasteiger partial charge in [-0.3, -0.25) is 0 Å². The Kier molecular flexibility index (Phi) is 5.67. The van der Waals surface area contributed by atoms with Crippen molar-refractivity contribution in [1.29, 1.82) is 0 Å². The largest absolute Gasteiger partial charge is 0.315 e. The van der Waals surface area contributed by atoms with Gasteiger partial charge in [-0.25, -0.2) is 0 Å². The van der Waals surface area contributed by atoms with Crippen molar-refractivity contribution in [3.63, 3.8) is 0 Å².